The Morgan fingerprint density at radius 2 is 2.25 bits per heavy atom. The third-order valence-corrected chi connectivity index (χ3v) is 2.76. The van der Waals surface area contributed by atoms with E-state index >= 15 is 0 Å². The molecule has 1 nitrogen and oxygen atoms in total. The summed E-state index contributed by atoms with van der Waals surface area (Å²) < 4.78 is 0. The quantitative estimate of drug-likeness (QED) is 0.654. The first-order valence-electron chi connectivity index (χ1n) is 4.11. The van der Waals surface area contributed by atoms with Gasteiger partial charge in [-0.3, -0.25) is 0 Å². The molecule has 2 rings (SSSR count). The third kappa shape index (κ3) is 1.13. The van der Waals surface area contributed by atoms with Crippen LogP contribution in [-0.4, -0.2) is 5.11 Å². The van der Waals surface area contributed by atoms with Crippen molar-refractivity contribution >= 4 is 11.6 Å². The second-order valence-corrected chi connectivity index (χ2v) is 4.01. The van der Waals surface area contributed by atoms with Crippen molar-refractivity contribution in [2.45, 2.75) is 25.4 Å². The molecule has 1 aliphatic carbocycles. The number of rotatable bonds is 0. The van der Waals surface area contributed by atoms with Crippen molar-refractivity contribution in [1.29, 1.82) is 0 Å². The molecule has 12 heavy (non-hydrogen) atoms. The number of halogens is 1. The van der Waals surface area contributed by atoms with E-state index in [-0.39, 0.29) is 0 Å². The topological polar surface area (TPSA) is 20.2 Å². The van der Waals surface area contributed by atoms with Gasteiger partial charge in [-0.2, -0.15) is 0 Å². The first kappa shape index (κ1) is 8.09. The van der Waals surface area contributed by atoms with E-state index in [2.05, 4.69) is 0 Å². The zero-order valence-corrected chi connectivity index (χ0v) is 7.73. The molecule has 1 aliphatic rings. The van der Waals surface area contributed by atoms with Crippen LogP contribution in [0, 0.1) is 0 Å². The summed E-state index contributed by atoms with van der Waals surface area (Å²) in [6.07, 6.45) is 1.74. The van der Waals surface area contributed by atoms with E-state index in [9.17, 15) is 5.11 Å². The molecule has 0 aromatic heterocycles. The van der Waals surface area contributed by atoms with Crippen LogP contribution in [0.1, 0.15) is 24.5 Å². The Kier molecular flexibility index (Phi) is 1.67. The van der Waals surface area contributed by atoms with Gasteiger partial charge in [-0.1, -0.05) is 17.7 Å². The number of aryl methyl sites for hydroxylation is 1. The summed E-state index contributed by atoms with van der Waals surface area (Å²) in [7, 11) is 0. The molecule has 0 saturated heterocycles. The fraction of sp³-hybridized carbons (Fsp3) is 0.400. The molecule has 0 radical (unpaired) electrons. The molecule has 0 fully saturated rings. The number of hydrogen-bond acceptors (Lipinski definition) is 1. The maximum atomic E-state index is 9.89. The van der Waals surface area contributed by atoms with Gasteiger partial charge < -0.3 is 5.11 Å². The van der Waals surface area contributed by atoms with Crippen LogP contribution in [0.4, 0.5) is 0 Å². The largest absolute Gasteiger partial charge is 0.385 e. The molecule has 0 heterocycles. The van der Waals surface area contributed by atoms with E-state index in [1.54, 1.807) is 0 Å². The lowest BCUT2D eigenvalue weighted by molar-refractivity contribution is 0.0595. The average Bonchev–Trinajstić information content (AvgIpc) is 2.27. The Bertz CT molecular complexity index is 318. The lowest BCUT2D eigenvalue weighted by Gasteiger charge is -2.17. The van der Waals surface area contributed by atoms with Crippen molar-refractivity contribution in [3.8, 4) is 0 Å². The van der Waals surface area contributed by atoms with Crippen LogP contribution in [0.15, 0.2) is 18.2 Å². The lowest BCUT2D eigenvalue weighted by atomic mass is 9.99. The second-order valence-electron chi connectivity index (χ2n) is 3.58. The normalized spacial score (nSPS) is 27.2. The highest BCUT2D eigenvalue weighted by molar-refractivity contribution is 6.30. The zero-order chi connectivity index (χ0) is 8.77. The van der Waals surface area contributed by atoms with Gasteiger partial charge in [0, 0.05) is 5.02 Å². The van der Waals surface area contributed by atoms with Crippen molar-refractivity contribution in [3.05, 3.63) is 34.3 Å². The molecule has 0 aliphatic heterocycles. The van der Waals surface area contributed by atoms with Crippen molar-refractivity contribution in [3.63, 3.8) is 0 Å². The van der Waals surface area contributed by atoms with Gasteiger partial charge in [-0.15, -0.1) is 0 Å². The van der Waals surface area contributed by atoms with Crippen LogP contribution in [0.2, 0.25) is 5.02 Å². The van der Waals surface area contributed by atoms with Gasteiger partial charge in [0.15, 0.2) is 0 Å². The van der Waals surface area contributed by atoms with Crippen molar-refractivity contribution in [2.24, 2.45) is 0 Å². The minimum Gasteiger partial charge on any atom is -0.385 e. The molecule has 0 amide bonds. The second kappa shape index (κ2) is 2.48. The Hall–Kier alpha value is -0.530. The highest BCUT2D eigenvalue weighted by Crippen LogP contribution is 2.37. The summed E-state index contributed by atoms with van der Waals surface area (Å²) in [5.41, 5.74) is 1.58. The number of hydrogen-bond donors (Lipinski definition) is 1. The van der Waals surface area contributed by atoms with E-state index in [1.807, 2.05) is 25.1 Å². The van der Waals surface area contributed by atoms with Crippen LogP contribution in [-0.2, 0) is 12.0 Å². The standard InChI is InChI=1S/C10H11ClO/c1-10(12)5-4-7-6-8(11)2-3-9(7)10/h2-3,6,12H,4-5H2,1H3. The molecule has 1 N–H and O–H groups in total. The summed E-state index contributed by atoms with van der Waals surface area (Å²) >= 11 is 5.83. The van der Waals surface area contributed by atoms with Gasteiger partial charge in [0.25, 0.3) is 0 Å². The zero-order valence-electron chi connectivity index (χ0n) is 6.97. The molecule has 1 aromatic carbocycles. The summed E-state index contributed by atoms with van der Waals surface area (Å²) in [4.78, 5) is 0. The van der Waals surface area contributed by atoms with Gasteiger partial charge in [-0.25, -0.2) is 0 Å². The number of fused-ring (bicyclic) bond motifs is 1. The van der Waals surface area contributed by atoms with Crippen LogP contribution >= 0.6 is 11.6 Å². The number of benzene rings is 1. The van der Waals surface area contributed by atoms with Crippen molar-refractivity contribution < 1.29 is 5.11 Å². The molecule has 0 saturated carbocycles. The van der Waals surface area contributed by atoms with Gasteiger partial charge >= 0.3 is 0 Å². The Balaban J connectivity index is 2.55. The summed E-state index contributed by atoms with van der Waals surface area (Å²) in [6.45, 7) is 1.85. The van der Waals surface area contributed by atoms with Gasteiger partial charge in [0.05, 0.1) is 5.60 Å². The van der Waals surface area contributed by atoms with Crippen molar-refractivity contribution in [2.75, 3.05) is 0 Å². The third-order valence-electron chi connectivity index (χ3n) is 2.53. The smallest absolute Gasteiger partial charge is 0.0874 e. The lowest BCUT2D eigenvalue weighted by Crippen LogP contribution is -2.15. The number of aliphatic hydroxyl groups is 1. The van der Waals surface area contributed by atoms with Crippen LogP contribution in [0.25, 0.3) is 0 Å². The maximum absolute atomic E-state index is 9.89. The maximum Gasteiger partial charge on any atom is 0.0874 e. The minimum absolute atomic E-state index is 0.639. The highest BCUT2D eigenvalue weighted by atomic mass is 35.5. The van der Waals surface area contributed by atoms with E-state index in [0.717, 1.165) is 23.4 Å². The average molecular weight is 183 g/mol. The van der Waals surface area contributed by atoms with Crippen LogP contribution in [0.5, 0.6) is 0 Å². The predicted molar refractivity (Wildman–Crippen MR) is 49.3 cm³/mol. The molecule has 2 heteroatoms. The predicted octanol–water partition coefficient (Wildman–Crippen LogP) is 2.49. The Labute approximate surface area is 77.0 Å². The van der Waals surface area contributed by atoms with E-state index in [0.29, 0.717) is 0 Å². The summed E-state index contributed by atoms with van der Waals surface area (Å²) in [5, 5.41) is 10.7. The summed E-state index contributed by atoms with van der Waals surface area (Å²) in [6, 6.07) is 5.70. The first-order valence-corrected chi connectivity index (χ1v) is 4.49. The van der Waals surface area contributed by atoms with Crippen molar-refractivity contribution in [1.82, 2.24) is 0 Å². The monoisotopic (exact) mass is 182 g/mol. The fourth-order valence-electron chi connectivity index (χ4n) is 1.81. The summed E-state index contributed by atoms with van der Waals surface area (Å²) in [5.74, 6) is 0. The van der Waals surface area contributed by atoms with Gasteiger partial charge in [0.2, 0.25) is 0 Å². The molecule has 0 spiro atoms. The molecule has 1 unspecified atom stereocenters. The minimum atomic E-state index is -0.639. The van der Waals surface area contributed by atoms with Crippen LogP contribution in [0.3, 0.4) is 0 Å². The van der Waals surface area contributed by atoms with Gasteiger partial charge in [0.1, 0.15) is 0 Å². The Morgan fingerprint density at radius 3 is 3.00 bits per heavy atom. The van der Waals surface area contributed by atoms with E-state index in [4.69, 9.17) is 11.6 Å². The highest BCUT2D eigenvalue weighted by Gasteiger charge is 2.31. The van der Waals surface area contributed by atoms with E-state index < -0.39 is 5.60 Å². The first-order chi connectivity index (χ1) is 5.59. The molecular formula is C10H11ClO. The molecule has 0 bridgehead atoms. The molecule has 64 valence electrons. The molecule has 1 aromatic rings. The van der Waals surface area contributed by atoms with Crippen LogP contribution < -0.4 is 0 Å². The van der Waals surface area contributed by atoms with E-state index in [1.165, 1.54) is 5.56 Å². The molecule has 1 atom stereocenters. The van der Waals surface area contributed by atoms with Gasteiger partial charge in [-0.05, 0) is 43.0 Å². The fourth-order valence-corrected chi connectivity index (χ4v) is 2.00. The Morgan fingerprint density at radius 1 is 1.50 bits per heavy atom. The molecular weight excluding hydrogens is 172 g/mol. The SMILES string of the molecule is CC1(O)CCc2cc(Cl)ccc21.